The van der Waals surface area contributed by atoms with Crippen LogP contribution in [0.25, 0.3) is 0 Å². The second-order valence-corrected chi connectivity index (χ2v) is 9.17. The van der Waals surface area contributed by atoms with E-state index in [1.807, 2.05) is 31.2 Å². The zero-order chi connectivity index (χ0) is 24.3. The second-order valence-electron chi connectivity index (χ2n) is 9.17. The van der Waals surface area contributed by atoms with Crippen molar-refractivity contribution in [3.8, 4) is 5.75 Å². The van der Waals surface area contributed by atoms with Crippen LogP contribution in [0.1, 0.15) is 72.5 Å². The number of carbonyl (C=O) groups is 3. The largest absolute Gasteiger partial charge is 0.494 e. The van der Waals surface area contributed by atoms with E-state index in [0.29, 0.717) is 6.61 Å². The van der Waals surface area contributed by atoms with Crippen molar-refractivity contribution in [2.24, 2.45) is 0 Å². The van der Waals surface area contributed by atoms with Crippen LogP contribution in [0.2, 0.25) is 0 Å². The minimum Gasteiger partial charge on any atom is -0.494 e. The van der Waals surface area contributed by atoms with E-state index in [1.54, 1.807) is 16.4 Å². The van der Waals surface area contributed by atoms with Crippen LogP contribution < -0.4 is 10.1 Å². The van der Waals surface area contributed by atoms with Crippen molar-refractivity contribution in [1.29, 1.82) is 0 Å². The molecule has 0 spiro atoms. The Morgan fingerprint density at radius 1 is 1.21 bits per heavy atom. The SMILES string of the molecule is CCCOc1ccc(CN2C(=O)c3c(C(=O)OC)ncn3C[C@]2(C)C(=O)NC2CCCC2)cc1. The Balaban J connectivity index is 1.66. The molecular weight excluding hydrogens is 436 g/mol. The summed E-state index contributed by atoms with van der Waals surface area (Å²) in [6, 6.07) is 7.62. The molecule has 1 aromatic carbocycles. The number of hydrogen-bond acceptors (Lipinski definition) is 6. The molecule has 0 radical (unpaired) electrons. The van der Waals surface area contributed by atoms with Crippen LogP contribution in [0.4, 0.5) is 0 Å². The van der Waals surface area contributed by atoms with Gasteiger partial charge in [-0.15, -0.1) is 0 Å². The highest BCUT2D eigenvalue weighted by Gasteiger charge is 2.49. The lowest BCUT2D eigenvalue weighted by Crippen LogP contribution is -2.64. The van der Waals surface area contributed by atoms with E-state index in [1.165, 1.54) is 13.4 Å². The van der Waals surface area contributed by atoms with E-state index in [4.69, 9.17) is 9.47 Å². The number of hydrogen-bond donors (Lipinski definition) is 1. The molecule has 0 bridgehead atoms. The van der Waals surface area contributed by atoms with Gasteiger partial charge in [0, 0.05) is 12.6 Å². The molecule has 0 saturated heterocycles. The number of methoxy groups -OCH3 is 1. The third-order valence-electron chi connectivity index (χ3n) is 6.65. The number of carbonyl (C=O) groups excluding carboxylic acids is 3. The van der Waals surface area contributed by atoms with Gasteiger partial charge in [0.1, 0.15) is 17.0 Å². The van der Waals surface area contributed by atoms with Crippen molar-refractivity contribution in [2.45, 2.75) is 70.6 Å². The van der Waals surface area contributed by atoms with Crippen LogP contribution in [-0.2, 0) is 22.6 Å². The van der Waals surface area contributed by atoms with E-state index >= 15 is 0 Å². The van der Waals surface area contributed by atoms with E-state index in [2.05, 4.69) is 10.3 Å². The number of rotatable bonds is 8. The molecule has 1 atom stereocenters. The molecule has 9 nitrogen and oxygen atoms in total. The average Bonchev–Trinajstić information content (AvgIpc) is 3.50. The summed E-state index contributed by atoms with van der Waals surface area (Å²) in [7, 11) is 1.25. The average molecular weight is 469 g/mol. The first-order valence-electron chi connectivity index (χ1n) is 11.9. The molecule has 1 aliphatic heterocycles. The molecule has 2 heterocycles. The summed E-state index contributed by atoms with van der Waals surface area (Å²) in [5.74, 6) is -0.559. The summed E-state index contributed by atoms with van der Waals surface area (Å²) in [5, 5.41) is 3.15. The van der Waals surface area contributed by atoms with Crippen molar-refractivity contribution >= 4 is 17.8 Å². The first-order valence-corrected chi connectivity index (χ1v) is 11.9. The fourth-order valence-corrected chi connectivity index (χ4v) is 4.69. The number of ether oxygens (including phenoxy) is 2. The highest BCUT2D eigenvalue weighted by molar-refractivity contribution is 6.06. The molecule has 4 rings (SSSR count). The third kappa shape index (κ3) is 4.51. The fraction of sp³-hybridized carbons (Fsp3) is 0.520. The van der Waals surface area contributed by atoms with Gasteiger partial charge in [0.15, 0.2) is 5.69 Å². The Kier molecular flexibility index (Phi) is 6.90. The van der Waals surface area contributed by atoms with E-state index < -0.39 is 17.4 Å². The number of esters is 1. The zero-order valence-corrected chi connectivity index (χ0v) is 20.0. The third-order valence-corrected chi connectivity index (χ3v) is 6.65. The summed E-state index contributed by atoms with van der Waals surface area (Å²) in [4.78, 5) is 45.2. The fourth-order valence-electron chi connectivity index (χ4n) is 4.69. The number of fused-ring (bicyclic) bond motifs is 1. The van der Waals surface area contributed by atoms with Gasteiger partial charge in [-0.05, 0) is 43.9 Å². The monoisotopic (exact) mass is 468 g/mol. The summed E-state index contributed by atoms with van der Waals surface area (Å²) >= 11 is 0. The van der Waals surface area contributed by atoms with Gasteiger partial charge in [-0.25, -0.2) is 9.78 Å². The summed E-state index contributed by atoms with van der Waals surface area (Å²) < 4.78 is 12.1. The Bertz CT molecular complexity index is 1060. The van der Waals surface area contributed by atoms with Gasteiger partial charge < -0.3 is 24.3 Å². The summed E-state index contributed by atoms with van der Waals surface area (Å²) in [6.07, 6.45) is 6.40. The van der Waals surface area contributed by atoms with Gasteiger partial charge in [-0.2, -0.15) is 0 Å². The van der Waals surface area contributed by atoms with Gasteiger partial charge in [0.05, 0.1) is 26.6 Å². The van der Waals surface area contributed by atoms with Crippen LogP contribution in [-0.4, -0.2) is 57.5 Å². The van der Waals surface area contributed by atoms with Gasteiger partial charge in [-0.3, -0.25) is 9.59 Å². The van der Waals surface area contributed by atoms with Crippen molar-refractivity contribution in [2.75, 3.05) is 13.7 Å². The molecule has 2 amide bonds. The predicted octanol–water partition coefficient (Wildman–Crippen LogP) is 2.93. The van der Waals surface area contributed by atoms with Gasteiger partial charge in [0.2, 0.25) is 5.91 Å². The van der Waals surface area contributed by atoms with E-state index in [0.717, 1.165) is 43.4 Å². The van der Waals surface area contributed by atoms with Crippen LogP contribution in [0.15, 0.2) is 30.6 Å². The molecular formula is C25H32N4O5. The summed E-state index contributed by atoms with van der Waals surface area (Å²) in [6.45, 7) is 4.83. The number of amides is 2. The second kappa shape index (κ2) is 9.87. The number of benzene rings is 1. The standard InChI is InChI=1S/C25H32N4O5/c1-4-13-34-19-11-9-17(10-12-19)14-29-22(30)21-20(23(31)33-3)26-16-28(21)15-25(29,2)24(32)27-18-7-5-6-8-18/h9-12,16,18H,4-8,13-15H2,1-3H3,(H,27,32)/t25-/m1/s1. The van der Waals surface area contributed by atoms with Crippen LogP contribution in [0, 0.1) is 0 Å². The van der Waals surface area contributed by atoms with Crippen molar-refractivity contribution in [3.05, 3.63) is 47.5 Å². The number of aromatic nitrogens is 2. The van der Waals surface area contributed by atoms with Crippen molar-refractivity contribution in [3.63, 3.8) is 0 Å². The lowest BCUT2D eigenvalue weighted by atomic mass is 9.93. The Hall–Kier alpha value is -3.36. The molecule has 2 aliphatic rings. The maximum absolute atomic E-state index is 13.7. The van der Waals surface area contributed by atoms with E-state index in [-0.39, 0.29) is 36.4 Å². The number of nitrogens with one attached hydrogen (secondary N) is 1. The van der Waals surface area contributed by atoms with Gasteiger partial charge >= 0.3 is 5.97 Å². The molecule has 1 fully saturated rings. The molecule has 1 saturated carbocycles. The quantitative estimate of drug-likeness (QED) is 0.598. The molecule has 0 unspecified atom stereocenters. The highest BCUT2D eigenvalue weighted by atomic mass is 16.5. The van der Waals surface area contributed by atoms with Crippen LogP contribution >= 0.6 is 0 Å². The molecule has 1 aliphatic carbocycles. The molecule has 1 aromatic heterocycles. The topological polar surface area (TPSA) is 103 Å². The van der Waals surface area contributed by atoms with Crippen molar-refractivity contribution < 1.29 is 23.9 Å². The summed E-state index contributed by atoms with van der Waals surface area (Å²) in [5.41, 5.74) is -0.206. The predicted molar refractivity (Wildman–Crippen MR) is 124 cm³/mol. The lowest BCUT2D eigenvalue weighted by Gasteiger charge is -2.44. The number of imidazole rings is 1. The number of nitrogens with zero attached hydrogens (tertiary/aromatic N) is 3. The molecule has 2 aromatic rings. The Morgan fingerprint density at radius 3 is 2.56 bits per heavy atom. The highest BCUT2D eigenvalue weighted by Crippen LogP contribution is 2.32. The van der Waals surface area contributed by atoms with Crippen LogP contribution in [0.5, 0.6) is 5.75 Å². The molecule has 9 heteroatoms. The van der Waals surface area contributed by atoms with Crippen LogP contribution in [0.3, 0.4) is 0 Å². The first kappa shape index (κ1) is 23.8. The normalized spacial score (nSPS) is 20.2. The molecule has 1 N–H and O–H groups in total. The maximum atomic E-state index is 13.7. The Labute approximate surface area is 199 Å². The minimum absolute atomic E-state index is 0.0425. The van der Waals surface area contributed by atoms with E-state index in [9.17, 15) is 14.4 Å². The zero-order valence-electron chi connectivity index (χ0n) is 20.0. The Morgan fingerprint density at radius 2 is 1.91 bits per heavy atom. The van der Waals surface area contributed by atoms with Gasteiger partial charge in [-0.1, -0.05) is 31.9 Å². The van der Waals surface area contributed by atoms with Crippen molar-refractivity contribution in [1.82, 2.24) is 19.8 Å². The minimum atomic E-state index is -1.15. The molecule has 182 valence electrons. The maximum Gasteiger partial charge on any atom is 0.359 e. The molecule has 34 heavy (non-hydrogen) atoms. The first-order chi connectivity index (χ1) is 16.4. The lowest BCUT2D eigenvalue weighted by molar-refractivity contribution is -0.134. The smallest absolute Gasteiger partial charge is 0.359 e. The van der Waals surface area contributed by atoms with Gasteiger partial charge in [0.25, 0.3) is 5.91 Å².